The third-order valence-electron chi connectivity index (χ3n) is 3.87. The highest BCUT2D eigenvalue weighted by molar-refractivity contribution is 7.89. The average molecular weight is 328 g/mol. The van der Waals surface area contributed by atoms with Crippen LogP contribution < -0.4 is 0 Å². The SMILES string of the molecule is CCS(=O)(=O)N1CCN(C(=O)CCc2cccc(F)c2)CC1. The number of aryl methyl sites for hydroxylation is 1. The minimum absolute atomic E-state index is 0.0159. The van der Waals surface area contributed by atoms with Crippen molar-refractivity contribution in [2.75, 3.05) is 31.9 Å². The van der Waals surface area contributed by atoms with Crippen molar-refractivity contribution in [3.8, 4) is 0 Å². The van der Waals surface area contributed by atoms with Crippen molar-refractivity contribution < 1.29 is 17.6 Å². The van der Waals surface area contributed by atoms with Gasteiger partial charge in [0.25, 0.3) is 0 Å². The van der Waals surface area contributed by atoms with Gasteiger partial charge in [0.05, 0.1) is 5.75 Å². The smallest absolute Gasteiger partial charge is 0.222 e. The maximum absolute atomic E-state index is 13.1. The molecule has 1 saturated heterocycles. The zero-order valence-corrected chi connectivity index (χ0v) is 13.5. The predicted octanol–water partition coefficient (Wildman–Crippen LogP) is 1.25. The van der Waals surface area contributed by atoms with Crippen LogP contribution in [0.5, 0.6) is 0 Å². The summed E-state index contributed by atoms with van der Waals surface area (Å²) in [5.41, 5.74) is 0.792. The van der Waals surface area contributed by atoms with Crippen molar-refractivity contribution >= 4 is 15.9 Å². The Labute approximate surface area is 130 Å². The fourth-order valence-corrected chi connectivity index (χ4v) is 3.58. The first-order valence-electron chi connectivity index (χ1n) is 7.42. The van der Waals surface area contributed by atoms with Crippen LogP contribution in [0.25, 0.3) is 0 Å². The molecule has 0 aromatic heterocycles. The molecule has 22 heavy (non-hydrogen) atoms. The topological polar surface area (TPSA) is 57.7 Å². The Morgan fingerprint density at radius 3 is 2.50 bits per heavy atom. The van der Waals surface area contributed by atoms with Crippen molar-refractivity contribution in [1.82, 2.24) is 9.21 Å². The molecule has 1 aliphatic rings. The second-order valence-corrected chi connectivity index (χ2v) is 7.57. The summed E-state index contributed by atoms with van der Waals surface area (Å²) in [4.78, 5) is 13.8. The molecule has 0 N–H and O–H groups in total. The van der Waals surface area contributed by atoms with Crippen LogP contribution in [0.15, 0.2) is 24.3 Å². The summed E-state index contributed by atoms with van der Waals surface area (Å²) in [6, 6.07) is 6.23. The van der Waals surface area contributed by atoms with Gasteiger partial charge in [-0.05, 0) is 31.0 Å². The zero-order valence-electron chi connectivity index (χ0n) is 12.7. The number of nitrogens with zero attached hydrogens (tertiary/aromatic N) is 2. The fourth-order valence-electron chi connectivity index (χ4n) is 2.50. The molecular weight excluding hydrogens is 307 g/mol. The molecule has 0 radical (unpaired) electrons. The van der Waals surface area contributed by atoms with Gasteiger partial charge in [-0.2, -0.15) is 4.31 Å². The highest BCUT2D eigenvalue weighted by Gasteiger charge is 2.27. The number of piperazine rings is 1. The van der Waals surface area contributed by atoms with E-state index in [1.54, 1.807) is 24.0 Å². The maximum atomic E-state index is 13.1. The number of carbonyl (C=O) groups is 1. The third-order valence-corrected chi connectivity index (χ3v) is 5.75. The number of benzene rings is 1. The quantitative estimate of drug-likeness (QED) is 0.817. The minimum Gasteiger partial charge on any atom is -0.340 e. The van der Waals surface area contributed by atoms with E-state index in [2.05, 4.69) is 0 Å². The second kappa shape index (κ2) is 7.19. The van der Waals surface area contributed by atoms with E-state index in [4.69, 9.17) is 0 Å². The van der Waals surface area contributed by atoms with Crippen LogP contribution in [-0.4, -0.2) is 55.5 Å². The molecule has 0 aliphatic carbocycles. The Hall–Kier alpha value is -1.47. The maximum Gasteiger partial charge on any atom is 0.222 e. The summed E-state index contributed by atoms with van der Waals surface area (Å²) in [6.45, 7) is 3.15. The van der Waals surface area contributed by atoms with Gasteiger partial charge in [-0.3, -0.25) is 4.79 Å². The summed E-state index contributed by atoms with van der Waals surface area (Å²) < 4.78 is 38.0. The molecule has 0 saturated carbocycles. The Bertz CT molecular complexity index is 625. The van der Waals surface area contributed by atoms with E-state index in [0.717, 1.165) is 5.56 Å². The molecule has 1 aromatic carbocycles. The monoisotopic (exact) mass is 328 g/mol. The molecule has 0 unspecified atom stereocenters. The van der Waals surface area contributed by atoms with Gasteiger partial charge in [0.2, 0.25) is 15.9 Å². The van der Waals surface area contributed by atoms with Gasteiger partial charge in [-0.1, -0.05) is 12.1 Å². The second-order valence-electron chi connectivity index (χ2n) is 5.31. The van der Waals surface area contributed by atoms with Gasteiger partial charge in [0.1, 0.15) is 5.82 Å². The van der Waals surface area contributed by atoms with Gasteiger partial charge in [-0.15, -0.1) is 0 Å². The number of hydrogen-bond acceptors (Lipinski definition) is 3. The van der Waals surface area contributed by atoms with E-state index < -0.39 is 10.0 Å². The number of hydrogen-bond donors (Lipinski definition) is 0. The highest BCUT2D eigenvalue weighted by Crippen LogP contribution is 2.11. The Balaban J connectivity index is 1.83. The van der Waals surface area contributed by atoms with Crippen LogP contribution in [0.3, 0.4) is 0 Å². The fraction of sp³-hybridized carbons (Fsp3) is 0.533. The lowest BCUT2D eigenvalue weighted by Crippen LogP contribution is -2.50. The molecule has 1 aromatic rings. The molecule has 1 heterocycles. The molecule has 5 nitrogen and oxygen atoms in total. The van der Waals surface area contributed by atoms with Crippen LogP contribution in [0.4, 0.5) is 4.39 Å². The molecule has 1 aliphatic heterocycles. The van der Waals surface area contributed by atoms with Gasteiger partial charge in [0.15, 0.2) is 0 Å². The van der Waals surface area contributed by atoms with Crippen LogP contribution in [0.2, 0.25) is 0 Å². The van der Waals surface area contributed by atoms with E-state index in [1.807, 2.05) is 0 Å². The lowest BCUT2D eigenvalue weighted by Gasteiger charge is -2.33. The summed E-state index contributed by atoms with van der Waals surface area (Å²) >= 11 is 0. The van der Waals surface area contributed by atoms with Crippen molar-refractivity contribution in [2.45, 2.75) is 19.8 Å². The van der Waals surface area contributed by atoms with Crippen molar-refractivity contribution in [3.63, 3.8) is 0 Å². The van der Waals surface area contributed by atoms with Crippen LogP contribution >= 0.6 is 0 Å². The summed E-state index contributed by atoms with van der Waals surface area (Å²) in [5.74, 6) is -0.235. The third kappa shape index (κ3) is 4.27. The van der Waals surface area contributed by atoms with Gasteiger partial charge >= 0.3 is 0 Å². The molecule has 7 heteroatoms. The first-order valence-corrected chi connectivity index (χ1v) is 9.03. The summed E-state index contributed by atoms with van der Waals surface area (Å²) in [5, 5.41) is 0. The first-order chi connectivity index (χ1) is 10.4. The summed E-state index contributed by atoms with van der Waals surface area (Å²) in [7, 11) is -3.18. The van der Waals surface area contributed by atoms with Crippen LogP contribution in [0, 0.1) is 5.82 Å². The van der Waals surface area contributed by atoms with E-state index in [0.29, 0.717) is 39.0 Å². The van der Waals surface area contributed by atoms with Gasteiger partial charge < -0.3 is 4.90 Å². The highest BCUT2D eigenvalue weighted by atomic mass is 32.2. The van der Waals surface area contributed by atoms with Crippen LogP contribution in [0.1, 0.15) is 18.9 Å². The molecular formula is C15H21FN2O3S. The first kappa shape index (κ1) is 16.9. The van der Waals surface area contributed by atoms with E-state index in [9.17, 15) is 17.6 Å². The predicted molar refractivity (Wildman–Crippen MR) is 82.3 cm³/mol. The average Bonchev–Trinajstić information content (AvgIpc) is 2.53. The van der Waals surface area contributed by atoms with Crippen molar-refractivity contribution in [2.24, 2.45) is 0 Å². The van der Waals surface area contributed by atoms with Crippen LogP contribution in [-0.2, 0) is 21.2 Å². The number of sulfonamides is 1. The van der Waals surface area contributed by atoms with Gasteiger partial charge in [-0.25, -0.2) is 12.8 Å². The van der Waals surface area contributed by atoms with Crippen molar-refractivity contribution in [3.05, 3.63) is 35.6 Å². The zero-order chi connectivity index (χ0) is 16.2. The number of rotatable bonds is 5. The van der Waals surface area contributed by atoms with Gasteiger partial charge in [0, 0.05) is 32.6 Å². The molecule has 1 amide bonds. The van der Waals surface area contributed by atoms with Crippen molar-refractivity contribution in [1.29, 1.82) is 0 Å². The summed E-state index contributed by atoms with van der Waals surface area (Å²) in [6.07, 6.45) is 0.800. The molecule has 0 atom stereocenters. The minimum atomic E-state index is -3.18. The number of amides is 1. The largest absolute Gasteiger partial charge is 0.340 e. The Morgan fingerprint density at radius 1 is 1.23 bits per heavy atom. The normalized spacial score (nSPS) is 16.7. The molecule has 0 spiro atoms. The standard InChI is InChI=1S/C15H21FN2O3S/c1-2-22(20,21)18-10-8-17(9-11-18)15(19)7-6-13-4-3-5-14(16)12-13/h3-5,12H,2,6-11H2,1H3. The number of halogens is 1. The van der Waals surface area contributed by atoms with E-state index in [-0.39, 0.29) is 17.5 Å². The van der Waals surface area contributed by atoms with E-state index >= 15 is 0 Å². The molecule has 2 rings (SSSR count). The lowest BCUT2D eigenvalue weighted by molar-refractivity contribution is -0.132. The number of carbonyl (C=O) groups excluding carboxylic acids is 1. The molecule has 1 fully saturated rings. The van der Waals surface area contributed by atoms with E-state index in [1.165, 1.54) is 16.4 Å². The molecule has 122 valence electrons. The molecule has 0 bridgehead atoms. The lowest BCUT2D eigenvalue weighted by atomic mass is 10.1. The Kier molecular flexibility index (Phi) is 5.52. The Morgan fingerprint density at radius 2 is 1.91 bits per heavy atom.